The van der Waals surface area contributed by atoms with Gasteiger partial charge in [-0.15, -0.1) is 0 Å². The van der Waals surface area contributed by atoms with E-state index >= 15 is 0 Å². The van der Waals surface area contributed by atoms with Crippen molar-refractivity contribution in [2.75, 3.05) is 0 Å². The van der Waals surface area contributed by atoms with Gasteiger partial charge in [0.15, 0.2) is 0 Å². The first-order valence-electron chi connectivity index (χ1n) is 6.09. The van der Waals surface area contributed by atoms with Gasteiger partial charge in [0, 0.05) is 24.0 Å². The van der Waals surface area contributed by atoms with E-state index in [1.165, 1.54) is 5.56 Å². The molecule has 0 saturated carbocycles. The molecule has 3 nitrogen and oxygen atoms in total. The molecule has 0 saturated heterocycles. The van der Waals surface area contributed by atoms with E-state index in [4.69, 9.17) is 5.73 Å². The molecule has 1 aromatic carbocycles. The summed E-state index contributed by atoms with van der Waals surface area (Å²) in [5.41, 5.74) is 10.8. The van der Waals surface area contributed by atoms with Gasteiger partial charge in [-0.3, -0.25) is 4.68 Å². The van der Waals surface area contributed by atoms with Crippen LogP contribution in [-0.2, 0) is 13.5 Å². The van der Waals surface area contributed by atoms with Crippen molar-refractivity contribution in [1.82, 2.24) is 9.78 Å². The van der Waals surface area contributed by atoms with Crippen molar-refractivity contribution in [2.45, 2.75) is 26.3 Å². The maximum absolute atomic E-state index is 6.31. The molecule has 0 spiro atoms. The van der Waals surface area contributed by atoms with Crippen LogP contribution >= 0.6 is 31.9 Å². The molecule has 1 atom stereocenters. The van der Waals surface area contributed by atoms with Gasteiger partial charge in [-0.05, 0) is 47.0 Å². The van der Waals surface area contributed by atoms with Crippen LogP contribution in [0.2, 0.25) is 0 Å². The molecule has 2 N–H and O–H groups in total. The molecule has 1 aromatic heterocycles. The molecule has 5 heteroatoms. The van der Waals surface area contributed by atoms with E-state index in [0.29, 0.717) is 0 Å². The summed E-state index contributed by atoms with van der Waals surface area (Å²) in [5.74, 6) is 0. The van der Waals surface area contributed by atoms with Gasteiger partial charge in [0.1, 0.15) is 0 Å². The molecule has 0 aliphatic carbocycles. The Morgan fingerprint density at radius 3 is 2.53 bits per heavy atom. The Bertz CT molecular complexity index is 605. The van der Waals surface area contributed by atoms with E-state index in [0.717, 1.165) is 32.3 Å². The zero-order valence-electron chi connectivity index (χ0n) is 11.2. The zero-order valence-corrected chi connectivity index (χ0v) is 14.4. The third-order valence-corrected chi connectivity index (χ3v) is 5.18. The van der Waals surface area contributed by atoms with Crippen molar-refractivity contribution in [3.05, 3.63) is 49.7 Å². The summed E-state index contributed by atoms with van der Waals surface area (Å²) in [7, 11) is 1.95. The second-order valence-electron chi connectivity index (χ2n) is 4.79. The van der Waals surface area contributed by atoms with E-state index in [2.05, 4.69) is 62.1 Å². The molecule has 0 fully saturated rings. The number of benzene rings is 1. The largest absolute Gasteiger partial charge is 0.324 e. The first-order chi connectivity index (χ1) is 8.90. The van der Waals surface area contributed by atoms with Gasteiger partial charge in [-0.25, -0.2) is 0 Å². The number of hydrogen-bond acceptors (Lipinski definition) is 2. The smallest absolute Gasteiger partial charge is 0.0738 e. The van der Waals surface area contributed by atoms with Crippen molar-refractivity contribution in [3.63, 3.8) is 0 Å². The van der Waals surface area contributed by atoms with E-state index in [9.17, 15) is 0 Å². The lowest BCUT2D eigenvalue weighted by molar-refractivity contribution is 0.638. The minimum Gasteiger partial charge on any atom is -0.324 e. The van der Waals surface area contributed by atoms with Gasteiger partial charge in [-0.2, -0.15) is 5.10 Å². The SMILES string of the molecule is Cc1ccc(C(N)Cc2c(Br)c(C)nn2C)cc1Br. The van der Waals surface area contributed by atoms with Crippen molar-refractivity contribution < 1.29 is 0 Å². The minimum atomic E-state index is -0.0389. The normalized spacial score (nSPS) is 12.7. The van der Waals surface area contributed by atoms with Crippen molar-refractivity contribution in [1.29, 1.82) is 0 Å². The van der Waals surface area contributed by atoms with Crippen LogP contribution in [0.3, 0.4) is 0 Å². The van der Waals surface area contributed by atoms with Crippen molar-refractivity contribution in [2.24, 2.45) is 12.8 Å². The molecule has 0 amide bonds. The fourth-order valence-electron chi connectivity index (χ4n) is 2.07. The highest BCUT2D eigenvalue weighted by Gasteiger charge is 2.15. The summed E-state index contributed by atoms with van der Waals surface area (Å²) >= 11 is 7.13. The van der Waals surface area contributed by atoms with E-state index < -0.39 is 0 Å². The zero-order chi connectivity index (χ0) is 14.2. The summed E-state index contributed by atoms with van der Waals surface area (Å²) < 4.78 is 4.04. The van der Waals surface area contributed by atoms with Gasteiger partial charge < -0.3 is 5.73 Å². The Morgan fingerprint density at radius 1 is 1.32 bits per heavy atom. The molecule has 2 rings (SSSR count). The highest BCUT2D eigenvalue weighted by Crippen LogP contribution is 2.27. The van der Waals surface area contributed by atoms with Crippen LogP contribution in [0.4, 0.5) is 0 Å². The molecule has 0 aliphatic heterocycles. The van der Waals surface area contributed by atoms with E-state index in [1.54, 1.807) is 0 Å². The maximum Gasteiger partial charge on any atom is 0.0738 e. The number of rotatable bonds is 3. The van der Waals surface area contributed by atoms with E-state index in [-0.39, 0.29) is 6.04 Å². The van der Waals surface area contributed by atoms with Crippen LogP contribution in [0, 0.1) is 13.8 Å². The quantitative estimate of drug-likeness (QED) is 0.871. The molecular weight excluding hydrogens is 370 g/mol. The Hall–Kier alpha value is -0.650. The summed E-state index contributed by atoms with van der Waals surface area (Å²) in [6.45, 7) is 4.06. The Balaban J connectivity index is 2.25. The minimum absolute atomic E-state index is 0.0389. The predicted octanol–water partition coefficient (Wildman–Crippen LogP) is 3.80. The van der Waals surface area contributed by atoms with Gasteiger partial charge in [-0.1, -0.05) is 28.1 Å². The van der Waals surface area contributed by atoms with Crippen LogP contribution in [0.5, 0.6) is 0 Å². The number of hydrogen-bond donors (Lipinski definition) is 1. The predicted molar refractivity (Wildman–Crippen MR) is 85.2 cm³/mol. The molecule has 0 radical (unpaired) electrons. The number of halogens is 2. The van der Waals surface area contributed by atoms with Gasteiger partial charge in [0.25, 0.3) is 0 Å². The molecule has 1 heterocycles. The first kappa shape index (κ1) is 14.8. The second kappa shape index (κ2) is 5.77. The van der Waals surface area contributed by atoms with Crippen LogP contribution in [0.15, 0.2) is 27.1 Å². The van der Waals surface area contributed by atoms with E-state index in [1.807, 2.05) is 18.7 Å². The number of aryl methyl sites for hydroxylation is 3. The highest BCUT2D eigenvalue weighted by atomic mass is 79.9. The Kier molecular flexibility index (Phi) is 4.48. The molecule has 1 unspecified atom stereocenters. The lowest BCUT2D eigenvalue weighted by Gasteiger charge is -2.14. The van der Waals surface area contributed by atoms with Crippen molar-refractivity contribution >= 4 is 31.9 Å². The fourth-order valence-corrected chi connectivity index (χ4v) is 2.96. The Morgan fingerprint density at radius 2 is 2.00 bits per heavy atom. The lowest BCUT2D eigenvalue weighted by Crippen LogP contribution is -2.15. The second-order valence-corrected chi connectivity index (χ2v) is 6.44. The molecule has 0 aliphatic rings. The average Bonchev–Trinajstić information content (AvgIpc) is 2.59. The third-order valence-electron chi connectivity index (χ3n) is 3.30. The van der Waals surface area contributed by atoms with Crippen molar-refractivity contribution in [3.8, 4) is 0 Å². The average molecular weight is 387 g/mol. The summed E-state index contributed by atoms with van der Waals surface area (Å²) in [6, 6.07) is 6.23. The molecule has 2 aromatic rings. The summed E-state index contributed by atoms with van der Waals surface area (Å²) in [6.07, 6.45) is 0.757. The molecule has 0 bridgehead atoms. The molecular formula is C14H17Br2N3. The molecule has 102 valence electrons. The van der Waals surface area contributed by atoms with Crippen LogP contribution < -0.4 is 5.73 Å². The van der Waals surface area contributed by atoms with Gasteiger partial charge in [0.05, 0.1) is 15.9 Å². The lowest BCUT2D eigenvalue weighted by atomic mass is 10.0. The summed E-state index contributed by atoms with van der Waals surface area (Å²) in [4.78, 5) is 0. The van der Waals surface area contributed by atoms with Gasteiger partial charge >= 0.3 is 0 Å². The first-order valence-corrected chi connectivity index (χ1v) is 7.68. The highest BCUT2D eigenvalue weighted by molar-refractivity contribution is 9.10. The van der Waals surface area contributed by atoms with Crippen LogP contribution in [0.1, 0.15) is 28.6 Å². The monoisotopic (exact) mass is 385 g/mol. The third kappa shape index (κ3) is 3.09. The van der Waals surface area contributed by atoms with Crippen LogP contribution in [-0.4, -0.2) is 9.78 Å². The summed E-state index contributed by atoms with van der Waals surface area (Å²) in [5, 5.41) is 4.39. The number of aromatic nitrogens is 2. The van der Waals surface area contributed by atoms with Crippen LogP contribution in [0.25, 0.3) is 0 Å². The van der Waals surface area contributed by atoms with Gasteiger partial charge in [0.2, 0.25) is 0 Å². The maximum atomic E-state index is 6.31. The standard InChI is InChI=1S/C14H17Br2N3/c1-8-4-5-10(6-11(8)15)12(17)7-13-14(16)9(2)18-19(13)3/h4-6,12H,7,17H2,1-3H3. The fraction of sp³-hybridized carbons (Fsp3) is 0.357. The topological polar surface area (TPSA) is 43.8 Å². The number of nitrogens with two attached hydrogens (primary N) is 1. The molecule has 19 heavy (non-hydrogen) atoms. The Labute approximate surface area is 130 Å². The number of nitrogens with zero attached hydrogens (tertiary/aromatic N) is 2.